The van der Waals surface area contributed by atoms with Crippen LogP contribution < -0.4 is 10.6 Å². The van der Waals surface area contributed by atoms with Crippen molar-refractivity contribution in [3.63, 3.8) is 0 Å². The van der Waals surface area contributed by atoms with Gasteiger partial charge in [0.1, 0.15) is 5.69 Å². The van der Waals surface area contributed by atoms with E-state index in [2.05, 4.69) is 10.6 Å². The monoisotopic (exact) mass is 459 g/mol. The summed E-state index contributed by atoms with van der Waals surface area (Å²) in [5.74, 6) is -0.403. The van der Waals surface area contributed by atoms with Gasteiger partial charge in [-0.2, -0.15) is 0 Å². The third-order valence-corrected chi connectivity index (χ3v) is 5.61. The van der Waals surface area contributed by atoms with E-state index in [4.69, 9.17) is 11.6 Å². The van der Waals surface area contributed by atoms with Gasteiger partial charge in [0.15, 0.2) is 0 Å². The second-order valence-corrected chi connectivity index (χ2v) is 8.27. The molecule has 1 heterocycles. The summed E-state index contributed by atoms with van der Waals surface area (Å²) in [6.45, 7) is 6.85. The van der Waals surface area contributed by atoms with Crippen LogP contribution in [0.25, 0.3) is 0 Å². The average molecular weight is 460 g/mol. The van der Waals surface area contributed by atoms with Crippen molar-refractivity contribution >= 4 is 40.5 Å². The summed E-state index contributed by atoms with van der Waals surface area (Å²) in [4.78, 5) is 39.4. The van der Waals surface area contributed by atoms with Gasteiger partial charge in [-0.1, -0.05) is 29.8 Å². The van der Waals surface area contributed by atoms with E-state index >= 15 is 0 Å². The van der Waals surface area contributed by atoms with Gasteiger partial charge in [0.25, 0.3) is 5.69 Å². The minimum atomic E-state index is -0.580. The Morgan fingerprint density at radius 2 is 1.50 bits per heavy atom. The Morgan fingerprint density at radius 1 is 0.969 bits per heavy atom. The molecule has 1 aliphatic heterocycles. The molecule has 2 aromatic carbocycles. The summed E-state index contributed by atoms with van der Waals surface area (Å²) in [6.07, 6.45) is 0. The standard InChI is InChI=1S/C22H26ClN5O4/c1-15-4-3-5-16(2)22(15)25-21(30)14-27-10-8-26(9-11-27)13-20(29)24-18-7-6-17(23)12-19(18)28(31)32/h3-7,12H,8-11,13-14H2,1-2H3,(H,24,29)(H,25,30). The Balaban J connectivity index is 1.46. The first kappa shape index (κ1) is 23.6. The quantitative estimate of drug-likeness (QED) is 0.486. The summed E-state index contributed by atoms with van der Waals surface area (Å²) in [5, 5.41) is 17.0. The molecule has 0 unspecified atom stereocenters. The van der Waals surface area contributed by atoms with E-state index < -0.39 is 4.92 Å². The summed E-state index contributed by atoms with van der Waals surface area (Å²) < 4.78 is 0. The van der Waals surface area contributed by atoms with Gasteiger partial charge in [-0.05, 0) is 37.1 Å². The number of hydrogen-bond acceptors (Lipinski definition) is 6. The van der Waals surface area contributed by atoms with E-state index in [1.807, 2.05) is 41.8 Å². The lowest BCUT2D eigenvalue weighted by Gasteiger charge is -2.33. The highest BCUT2D eigenvalue weighted by Gasteiger charge is 2.22. The van der Waals surface area contributed by atoms with E-state index in [0.717, 1.165) is 16.8 Å². The van der Waals surface area contributed by atoms with Crippen LogP contribution in [0.15, 0.2) is 36.4 Å². The van der Waals surface area contributed by atoms with Crippen LogP contribution in [-0.4, -0.2) is 65.8 Å². The van der Waals surface area contributed by atoms with Crippen molar-refractivity contribution in [3.8, 4) is 0 Å². The number of halogens is 1. The van der Waals surface area contributed by atoms with Crippen molar-refractivity contribution in [1.29, 1.82) is 0 Å². The van der Waals surface area contributed by atoms with Gasteiger partial charge in [0.05, 0.1) is 18.0 Å². The molecule has 2 aromatic rings. The first-order valence-corrected chi connectivity index (χ1v) is 10.7. The molecule has 32 heavy (non-hydrogen) atoms. The maximum Gasteiger partial charge on any atom is 0.294 e. The zero-order chi connectivity index (χ0) is 23.3. The molecule has 0 aliphatic carbocycles. The average Bonchev–Trinajstić information content (AvgIpc) is 2.73. The maximum absolute atomic E-state index is 12.5. The molecule has 1 fully saturated rings. The topological polar surface area (TPSA) is 108 Å². The number of nitrogens with one attached hydrogen (secondary N) is 2. The normalized spacial score (nSPS) is 14.7. The lowest BCUT2D eigenvalue weighted by atomic mass is 10.1. The number of anilines is 2. The Labute approximate surface area is 191 Å². The number of aryl methyl sites for hydroxylation is 2. The lowest BCUT2D eigenvalue weighted by molar-refractivity contribution is -0.383. The lowest BCUT2D eigenvalue weighted by Crippen LogP contribution is -2.50. The van der Waals surface area contributed by atoms with E-state index in [0.29, 0.717) is 26.2 Å². The van der Waals surface area contributed by atoms with Gasteiger partial charge in [-0.25, -0.2) is 0 Å². The third-order valence-electron chi connectivity index (χ3n) is 5.38. The number of nitrogens with zero attached hydrogens (tertiary/aromatic N) is 3. The van der Waals surface area contributed by atoms with Crippen LogP contribution in [-0.2, 0) is 9.59 Å². The number of carbonyl (C=O) groups is 2. The van der Waals surface area contributed by atoms with Crippen LogP contribution in [0.5, 0.6) is 0 Å². The largest absolute Gasteiger partial charge is 0.324 e. The minimum Gasteiger partial charge on any atom is -0.324 e. The van der Waals surface area contributed by atoms with Gasteiger partial charge in [-0.3, -0.25) is 29.5 Å². The van der Waals surface area contributed by atoms with Crippen molar-refractivity contribution < 1.29 is 14.5 Å². The molecule has 170 valence electrons. The molecule has 9 nitrogen and oxygen atoms in total. The molecule has 1 saturated heterocycles. The summed E-state index contributed by atoms with van der Waals surface area (Å²) in [7, 11) is 0. The zero-order valence-corrected chi connectivity index (χ0v) is 18.8. The van der Waals surface area contributed by atoms with Gasteiger partial charge in [0.2, 0.25) is 11.8 Å². The van der Waals surface area contributed by atoms with Crippen molar-refractivity contribution in [2.75, 3.05) is 49.9 Å². The van der Waals surface area contributed by atoms with Crippen molar-refractivity contribution in [2.45, 2.75) is 13.8 Å². The fourth-order valence-electron chi connectivity index (χ4n) is 3.65. The molecular formula is C22H26ClN5O4. The Hall–Kier alpha value is -3.01. The number of amides is 2. The van der Waals surface area contributed by atoms with Crippen molar-refractivity contribution in [1.82, 2.24) is 9.80 Å². The number of nitro groups is 1. The number of nitro benzene ring substituents is 1. The smallest absolute Gasteiger partial charge is 0.294 e. The number of piperazine rings is 1. The van der Waals surface area contributed by atoms with Crippen LogP contribution >= 0.6 is 11.6 Å². The van der Waals surface area contributed by atoms with Gasteiger partial charge >= 0.3 is 0 Å². The van der Waals surface area contributed by atoms with Crippen molar-refractivity contribution in [2.24, 2.45) is 0 Å². The first-order chi connectivity index (χ1) is 15.2. The van der Waals surface area contributed by atoms with Crippen LogP contribution in [0.3, 0.4) is 0 Å². The fourth-order valence-corrected chi connectivity index (χ4v) is 3.82. The van der Waals surface area contributed by atoms with E-state index in [9.17, 15) is 19.7 Å². The Kier molecular flexibility index (Phi) is 7.79. The van der Waals surface area contributed by atoms with Crippen LogP contribution in [0.2, 0.25) is 5.02 Å². The van der Waals surface area contributed by atoms with Crippen LogP contribution in [0, 0.1) is 24.0 Å². The molecule has 0 saturated carbocycles. The summed E-state index contributed by atoms with van der Waals surface area (Å²) in [5.41, 5.74) is 2.77. The molecule has 3 rings (SSSR count). The number of carbonyl (C=O) groups excluding carboxylic acids is 2. The summed E-state index contributed by atoms with van der Waals surface area (Å²) in [6, 6.07) is 10.0. The van der Waals surface area contributed by atoms with E-state index in [1.165, 1.54) is 18.2 Å². The Morgan fingerprint density at radius 3 is 2.03 bits per heavy atom. The minimum absolute atomic E-state index is 0.0661. The van der Waals surface area contributed by atoms with Gasteiger partial charge < -0.3 is 10.6 Å². The third kappa shape index (κ3) is 6.25. The second-order valence-electron chi connectivity index (χ2n) is 7.83. The molecule has 2 N–H and O–H groups in total. The molecule has 1 aliphatic rings. The maximum atomic E-state index is 12.5. The molecule has 0 bridgehead atoms. The summed E-state index contributed by atoms with van der Waals surface area (Å²) >= 11 is 5.80. The van der Waals surface area contributed by atoms with Gasteiger partial charge in [-0.15, -0.1) is 0 Å². The molecular weight excluding hydrogens is 434 g/mol. The number of benzene rings is 2. The number of para-hydroxylation sites is 1. The van der Waals surface area contributed by atoms with Crippen LogP contribution in [0.1, 0.15) is 11.1 Å². The number of rotatable bonds is 7. The molecule has 0 spiro atoms. The molecule has 10 heteroatoms. The van der Waals surface area contributed by atoms with E-state index in [1.54, 1.807) is 0 Å². The SMILES string of the molecule is Cc1cccc(C)c1NC(=O)CN1CCN(CC(=O)Nc2ccc(Cl)cc2[N+](=O)[O-])CC1. The first-order valence-electron chi connectivity index (χ1n) is 10.3. The number of hydrogen-bond donors (Lipinski definition) is 2. The van der Waals surface area contributed by atoms with E-state index in [-0.39, 0.29) is 41.3 Å². The van der Waals surface area contributed by atoms with Crippen LogP contribution in [0.4, 0.5) is 17.1 Å². The molecule has 0 radical (unpaired) electrons. The second kappa shape index (κ2) is 10.5. The highest BCUT2D eigenvalue weighted by Crippen LogP contribution is 2.27. The van der Waals surface area contributed by atoms with Gasteiger partial charge in [0, 0.05) is 43.0 Å². The highest BCUT2D eigenvalue weighted by molar-refractivity contribution is 6.31. The highest BCUT2D eigenvalue weighted by atomic mass is 35.5. The zero-order valence-electron chi connectivity index (χ0n) is 18.1. The van der Waals surface area contributed by atoms with Crippen molar-refractivity contribution in [3.05, 3.63) is 62.7 Å². The molecule has 2 amide bonds. The Bertz CT molecular complexity index is 1000. The predicted octanol–water partition coefficient (Wildman–Crippen LogP) is 3.06. The molecule has 0 atom stereocenters. The predicted molar refractivity (Wildman–Crippen MR) is 124 cm³/mol. The molecule has 0 aromatic heterocycles. The fraction of sp³-hybridized carbons (Fsp3) is 0.364.